The maximum atomic E-state index is 10.9. The van der Waals surface area contributed by atoms with E-state index in [1.807, 2.05) is 24.4 Å². The van der Waals surface area contributed by atoms with Crippen molar-refractivity contribution in [3.63, 3.8) is 0 Å². The SMILES string of the molecule is C1=CNN(c2ccccc2)C1.CC1(C(=O)O)C=C(N)C=C(C(=O)O)C1. The van der Waals surface area contributed by atoms with Crippen LogP contribution in [-0.2, 0) is 9.59 Å². The molecule has 0 amide bonds. The molecule has 25 heavy (non-hydrogen) atoms. The van der Waals surface area contributed by atoms with Gasteiger partial charge < -0.3 is 21.4 Å². The predicted molar refractivity (Wildman–Crippen MR) is 94.4 cm³/mol. The van der Waals surface area contributed by atoms with E-state index in [9.17, 15) is 9.59 Å². The fourth-order valence-corrected chi connectivity index (χ4v) is 2.52. The maximum Gasteiger partial charge on any atom is 0.331 e. The minimum atomic E-state index is -1.22. The molecule has 1 aromatic carbocycles. The Morgan fingerprint density at radius 2 is 1.92 bits per heavy atom. The van der Waals surface area contributed by atoms with Crippen LogP contribution in [0.1, 0.15) is 13.3 Å². The summed E-state index contributed by atoms with van der Waals surface area (Å²) >= 11 is 0. The van der Waals surface area contributed by atoms with E-state index in [-0.39, 0.29) is 17.7 Å². The highest BCUT2D eigenvalue weighted by Gasteiger charge is 2.36. The third-order valence-electron chi connectivity index (χ3n) is 3.85. The first kappa shape index (κ1) is 18.1. The summed E-state index contributed by atoms with van der Waals surface area (Å²) in [5, 5.41) is 19.7. The molecule has 0 saturated carbocycles. The molecular weight excluding hydrogens is 322 g/mol. The number of nitrogens with one attached hydrogen (secondary N) is 1. The molecule has 0 aromatic heterocycles. The molecule has 1 aliphatic carbocycles. The van der Waals surface area contributed by atoms with Crippen LogP contribution in [0.25, 0.3) is 0 Å². The molecule has 0 bridgehead atoms. The summed E-state index contributed by atoms with van der Waals surface area (Å²) in [4.78, 5) is 21.5. The van der Waals surface area contributed by atoms with Crippen molar-refractivity contribution in [2.75, 3.05) is 11.6 Å². The fourth-order valence-electron chi connectivity index (χ4n) is 2.52. The van der Waals surface area contributed by atoms with Gasteiger partial charge in [-0.05, 0) is 43.7 Å². The Labute approximate surface area is 145 Å². The molecule has 1 heterocycles. The number of nitrogens with zero attached hydrogens (tertiary/aromatic N) is 1. The lowest BCUT2D eigenvalue weighted by atomic mass is 9.79. The first-order valence-electron chi connectivity index (χ1n) is 7.71. The van der Waals surface area contributed by atoms with E-state index < -0.39 is 17.4 Å². The van der Waals surface area contributed by atoms with Gasteiger partial charge in [0.2, 0.25) is 0 Å². The standard InChI is InChI=1S/C9H10N2.C9H11NO4/c1-2-5-9(6-3-1)11-8-4-7-10-11;1-9(8(13)14)3-5(7(11)12)2-6(10)4-9/h1-7,10H,8H2;2,4H,3,10H2,1H3,(H,11,12)(H,13,14). The zero-order valence-corrected chi connectivity index (χ0v) is 13.8. The summed E-state index contributed by atoms with van der Waals surface area (Å²) in [6, 6.07) is 10.3. The molecule has 1 aromatic rings. The molecule has 0 fully saturated rings. The number of hydrogen-bond donors (Lipinski definition) is 4. The molecule has 5 N–H and O–H groups in total. The van der Waals surface area contributed by atoms with E-state index in [0.29, 0.717) is 0 Å². The molecular formula is C18H21N3O4. The van der Waals surface area contributed by atoms with Gasteiger partial charge in [0.1, 0.15) is 0 Å². The smallest absolute Gasteiger partial charge is 0.331 e. The molecule has 0 spiro atoms. The van der Waals surface area contributed by atoms with Gasteiger partial charge >= 0.3 is 11.9 Å². The van der Waals surface area contributed by atoms with Gasteiger partial charge in [0.25, 0.3) is 0 Å². The monoisotopic (exact) mass is 343 g/mol. The minimum absolute atomic E-state index is 0.0231. The average Bonchev–Trinajstić information content (AvgIpc) is 3.10. The van der Waals surface area contributed by atoms with Crippen LogP contribution in [0.3, 0.4) is 0 Å². The third kappa shape index (κ3) is 4.63. The number of carboxylic acids is 2. The summed E-state index contributed by atoms with van der Waals surface area (Å²) in [6.07, 6.45) is 6.65. The van der Waals surface area contributed by atoms with Gasteiger partial charge in [-0.2, -0.15) is 0 Å². The minimum Gasteiger partial charge on any atom is -0.481 e. The highest BCUT2D eigenvalue weighted by Crippen LogP contribution is 2.32. The topological polar surface area (TPSA) is 116 Å². The predicted octanol–water partition coefficient (Wildman–Crippen LogP) is 1.86. The summed E-state index contributed by atoms with van der Waals surface area (Å²) in [5.74, 6) is -2.21. The highest BCUT2D eigenvalue weighted by atomic mass is 16.4. The zero-order chi connectivity index (χ0) is 18.4. The summed E-state index contributed by atoms with van der Waals surface area (Å²) < 4.78 is 0. The molecule has 7 heteroatoms. The Morgan fingerprint density at radius 1 is 1.24 bits per heavy atom. The second kappa shape index (κ2) is 7.57. The molecule has 1 aliphatic heterocycles. The van der Waals surface area contributed by atoms with Crippen molar-refractivity contribution in [2.45, 2.75) is 13.3 Å². The first-order chi connectivity index (χ1) is 11.8. The lowest BCUT2D eigenvalue weighted by molar-refractivity contribution is -0.145. The normalized spacial score (nSPS) is 21.4. The van der Waals surface area contributed by atoms with Gasteiger partial charge in [0, 0.05) is 17.5 Å². The van der Waals surface area contributed by atoms with E-state index in [1.165, 1.54) is 24.8 Å². The van der Waals surface area contributed by atoms with Crippen LogP contribution in [0.5, 0.6) is 0 Å². The molecule has 2 aliphatic rings. The lowest BCUT2D eigenvalue weighted by Crippen LogP contribution is -2.30. The molecule has 1 atom stereocenters. The molecule has 0 radical (unpaired) electrons. The number of carboxylic acid groups (broad SMARTS) is 2. The molecule has 3 rings (SSSR count). The number of nitrogens with two attached hydrogens (primary N) is 1. The third-order valence-corrected chi connectivity index (χ3v) is 3.85. The Bertz CT molecular complexity index is 732. The number of benzene rings is 1. The number of hydrogen-bond acceptors (Lipinski definition) is 5. The van der Waals surface area contributed by atoms with E-state index in [4.69, 9.17) is 15.9 Å². The number of aliphatic carboxylic acids is 2. The number of hydrazine groups is 1. The van der Waals surface area contributed by atoms with Crippen molar-refractivity contribution >= 4 is 17.6 Å². The average molecular weight is 343 g/mol. The summed E-state index contributed by atoms with van der Waals surface area (Å²) in [5.41, 5.74) is 8.75. The van der Waals surface area contributed by atoms with Crippen molar-refractivity contribution in [1.82, 2.24) is 5.43 Å². The van der Waals surface area contributed by atoms with Crippen LogP contribution < -0.4 is 16.2 Å². The summed E-state index contributed by atoms with van der Waals surface area (Å²) in [6.45, 7) is 2.39. The largest absolute Gasteiger partial charge is 0.481 e. The second-order valence-electron chi connectivity index (χ2n) is 6.00. The molecule has 0 saturated heterocycles. The van der Waals surface area contributed by atoms with Crippen LogP contribution in [0.2, 0.25) is 0 Å². The Kier molecular flexibility index (Phi) is 5.49. The van der Waals surface area contributed by atoms with Gasteiger partial charge in [-0.1, -0.05) is 18.2 Å². The number of para-hydroxylation sites is 1. The first-order valence-corrected chi connectivity index (χ1v) is 7.71. The number of anilines is 1. The van der Waals surface area contributed by atoms with E-state index in [2.05, 4.69) is 28.6 Å². The summed E-state index contributed by atoms with van der Waals surface area (Å²) in [7, 11) is 0. The van der Waals surface area contributed by atoms with Crippen LogP contribution >= 0.6 is 0 Å². The lowest BCUT2D eigenvalue weighted by Gasteiger charge is -2.24. The quantitative estimate of drug-likeness (QED) is 0.662. The van der Waals surface area contributed by atoms with Crippen LogP contribution in [-0.4, -0.2) is 28.7 Å². The molecule has 132 valence electrons. The zero-order valence-electron chi connectivity index (χ0n) is 13.8. The van der Waals surface area contributed by atoms with E-state index in [0.717, 1.165) is 6.54 Å². The van der Waals surface area contributed by atoms with Gasteiger partial charge in [0.15, 0.2) is 0 Å². The number of carbonyl (C=O) groups is 2. The van der Waals surface area contributed by atoms with Crippen molar-refractivity contribution < 1.29 is 19.8 Å². The van der Waals surface area contributed by atoms with Gasteiger partial charge in [0.05, 0.1) is 17.6 Å². The fraction of sp³-hybridized carbons (Fsp3) is 0.222. The van der Waals surface area contributed by atoms with Crippen molar-refractivity contribution in [1.29, 1.82) is 0 Å². The van der Waals surface area contributed by atoms with Crippen LogP contribution in [0.15, 0.2) is 66.0 Å². The number of rotatable bonds is 3. The van der Waals surface area contributed by atoms with Crippen molar-refractivity contribution in [3.8, 4) is 0 Å². The van der Waals surface area contributed by atoms with Gasteiger partial charge in [-0.15, -0.1) is 0 Å². The number of allylic oxidation sites excluding steroid dienone is 1. The van der Waals surface area contributed by atoms with Crippen LogP contribution in [0, 0.1) is 5.41 Å². The van der Waals surface area contributed by atoms with E-state index in [1.54, 1.807) is 0 Å². The second-order valence-corrected chi connectivity index (χ2v) is 6.00. The Balaban J connectivity index is 0.000000185. The molecule has 1 unspecified atom stereocenters. The van der Waals surface area contributed by atoms with Crippen molar-refractivity contribution in [3.05, 3.63) is 66.0 Å². The molecule has 7 nitrogen and oxygen atoms in total. The maximum absolute atomic E-state index is 10.9. The Morgan fingerprint density at radius 3 is 2.44 bits per heavy atom. The van der Waals surface area contributed by atoms with Gasteiger partial charge in [-0.25, -0.2) is 4.79 Å². The highest BCUT2D eigenvalue weighted by molar-refractivity contribution is 5.90. The Hall–Kier alpha value is -3.22. The van der Waals surface area contributed by atoms with Gasteiger partial charge in [-0.3, -0.25) is 9.80 Å². The van der Waals surface area contributed by atoms with E-state index >= 15 is 0 Å². The van der Waals surface area contributed by atoms with Crippen LogP contribution in [0.4, 0.5) is 5.69 Å². The van der Waals surface area contributed by atoms with Crippen molar-refractivity contribution in [2.24, 2.45) is 11.1 Å².